The summed E-state index contributed by atoms with van der Waals surface area (Å²) >= 11 is 0. The lowest BCUT2D eigenvalue weighted by Gasteiger charge is -2.08. The van der Waals surface area contributed by atoms with Gasteiger partial charge in [-0.25, -0.2) is 0 Å². The van der Waals surface area contributed by atoms with Crippen molar-refractivity contribution in [2.24, 2.45) is 0 Å². The molecule has 0 aromatic heterocycles. The maximum absolute atomic E-state index is 11.3. The monoisotopic (exact) mass is 351 g/mol. The van der Waals surface area contributed by atoms with E-state index in [2.05, 4.69) is 0 Å². The van der Waals surface area contributed by atoms with Crippen molar-refractivity contribution in [1.29, 1.82) is 0 Å². The SMILES string of the molecule is O=S(=O)(O)c1ccc2ccccc2c1S(=O)(=O)O.O=[N+]([O-])O. The van der Waals surface area contributed by atoms with Gasteiger partial charge in [0.2, 0.25) is 0 Å². The van der Waals surface area contributed by atoms with Crippen molar-refractivity contribution in [3.8, 4) is 0 Å². The molecule has 0 amide bonds. The highest BCUT2D eigenvalue weighted by Crippen LogP contribution is 2.29. The molecule has 120 valence electrons. The smallest absolute Gasteiger partial charge is 0.296 e. The second-order valence-corrected chi connectivity index (χ2v) is 6.55. The van der Waals surface area contributed by atoms with E-state index >= 15 is 0 Å². The summed E-state index contributed by atoms with van der Waals surface area (Å²) in [7, 11) is -9.53. The van der Waals surface area contributed by atoms with Crippen LogP contribution in [0.25, 0.3) is 10.8 Å². The van der Waals surface area contributed by atoms with Crippen LogP contribution in [0.2, 0.25) is 0 Å². The molecule has 0 saturated carbocycles. The fourth-order valence-corrected chi connectivity index (χ4v) is 3.69. The Morgan fingerprint density at radius 3 is 1.86 bits per heavy atom. The Kier molecular flexibility index (Phi) is 5.03. The number of benzene rings is 2. The molecule has 2 aromatic carbocycles. The Morgan fingerprint density at radius 1 is 0.909 bits per heavy atom. The first-order valence-corrected chi connectivity index (χ1v) is 8.12. The molecule has 10 nitrogen and oxygen atoms in total. The molecule has 12 heteroatoms. The quantitative estimate of drug-likeness (QED) is 0.405. The van der Waals surface area contributed by atoms with Crippen molar-refractivity contribution in [2.75, 3.05) is 0 Å². The standard InChI is InChI=1S/C10H8O6S2.HNO3/c11-17(12,13)9-6-5-7-3-1-2-4-8(7)10(9)18(14,15)16;2-1(3)4/h1-6H,(H,11,12,13)(H,14,15,16);(H,2,3,4). The fourth-order valence-electron chi connectivity index (χ4n) is 1.69. The Hall–Kier alpha value is -2.28. The third-order valence-electron chi connectivity index (χ3n) is 2.38. The molecule has 3 N–H and O–H groups in total. The summed E-state index contributed by atoms with van der Waals surface area (Å²) in [4.78, 5) is 6.70. The number of nitrogens with zero attached hydrogens (tertiary/aromatic N) is 1. The summed E-state index contributed by atoms with van der Waals surface area (Å²) in [5.41, 5.74) is 0. The van der Waals surface area contributed by atoms with Crippen LogP contribution in [0.15, 0.2) is 46.2 Å². The van der Waals surface area contributed by atoms with E-state index in [9.17, 15) is 16.8 Å². The summed E-state index contributed by atoms with van der Waals surface area (Å²) in [5.74, 6) is 0. The van der Waals surface area contributed by atoms with Gasteiger partial charge in [0.25, 0.3) is 25.3 Å². The highest BCUT2D eigenvalue weighted by molar-refractivity contribution is 7.89. The third-order valence-corrected chi connectivity index (χ3v) is 4.36. The molecule has 0 fully saturated rings. The van der Waals surface area contributed by atoms with Gasteiger partial charge < -0.3 is 5.21 Å². The fraction of sp³-hybridized carbons (Fsp3) is 0. The molecule has 22 heavy (non-hydrogen) atoms. The van der Waals surface area contributed by atoms with Gasteiger partial charge in [0.05, 0.1) is 0 Å². The van der Waals surface area contributed by atoms with E-state index in [0.29, 0.717) is 5.39 Å². The van der Waals surface area contributed by atoms with Crippen molar-refractivity contribution in [2.45, 2.75) is 9.79 Å². The van der Waals surface area contributed by atoms with E-state index in [4.69, 9.17) is 24.4 Å². The van der Waals surface area contributed by atoms with Crippen LogP contribution in [0.5, 0.6) is 0 Å². The first-order valence-electron chi connectivity index (χ1n) is 5.24. The van der Waals surface area contributed by atoms with Crippen molar-refractivity contribution in [3.63, 3.8) is 0 Å². The molecule has 0 aliphatic rings. The second kappa shape index (κ2) is 6.23. The highest BCUT2D eigenvalue weighted by atomic mass is 32.2. The van der Waals surface area contributed by atoms with E-state index < -0.39 is 35.1 Å². The molecule has 2 rings (SSSR count). The molecule has 0 heterocycles. The molecule has 0 spiro atoms. The van der Waals surface area contributed by atoms with Gasteiger partial charge in [-0.1, -0.05) is 30.3 Å². The molecule has 2 aromatic rings. The second-order valence-electron chi connectivity index (χ2n) is 3.80. The maximum Gasteiger partial charge on any atom is 0.296 e. The average Bonchev–Trinajstić information content (AvgIpc) is 2.34. The molecule has 0 atom stereocenters. The summed E-state index contributed by atoms with van der Waals surface area (Å²) in [6, 6.07) is 8.28. The zero-order chi connectivity index (χ0) is 17.1. The van der Waals surface area contributed by atoms with Gasteiger partial charge >= 0.3 is 0 Å². The zero-order valence-corrected chi connectivity index (χ0v) is 12.2. The van der Waals surface area contributed by atoms with Crippen molar-refractivity contribution >= 4 is 31.0 Å². The van der Waals surface area contributed by atoms with Gasteiger partial charge in [-0.05, 0) is 11.5 Å². The molecular weight excluding hydrogens is 342 g/mol. The average molecular weight is 351 g/mol. The highest BCUT2D eigenvalue weighted by Gasteiger charge is 2.26. The lowest BCUT2D eigenvalue weighted by atomic mass is 10.1. The molecule has 0 saturated heterocycles. The van der Waals surface area contributed by atoms with Gasteiger partial charge in [-0.3, -0.25) is 9.11 Å². The number of hydrogen-bond donors (Lipinski definition) is 3. The Balaban J connectivity index is 0.000000541. The predicted molar refractivity (Wildman–Crippen MR) is 72.4 cm³/mol. The molecule has 0 aliphatic carbocycles. The topological polar surface area (TPSA) is 172 Å². The number of fused-ring (bicyclic) bond motifs is 1. The molecule has 0 radical (unpaired) electrons. The minimum absolute atomic E-state index is 0.0233. The van der Waals surface area contributed by atoms with Crippen LogP contribution in [-0.4, -0.2) is 36.2 Å². The Bertz CT molecular complexity index is 915. The van der Waals surface area contributed by atoms with Crippen molar-refractivity contribution in [3.05, 3.63) is 46.5 Å². The molecular formula is C10H9NO9S2. The van der Waals surface area contributed by atoms with Gasteiger partial charge in [-0.15, -0.1) is 10.1 Å². The van der Waals surface area contributed by atoms with Crippen LogP contribution < -0.4 is 0 Å². The van der Waals surface area contributed by atoms with E-state index in [-0.39, 0.29) is 5.39 Å². The van der Waals surface area contributed by atoms with E-state index in [1.807, 2.05) is 0 Å². The van der Waals surface area contributed by atoms with Gasteiger partial charge in [0.1, 0.15) is 9.79 Å². The normalized spacial score (nSPS) is 11.5. The number of hydrogen-bond acceptors (Lipinski definition) is 6. The zero-order valence-electron chi connectivity index (χ0n) is 10.5. The van der Waals surface area contributed by atoms with Crippen LogP contribution in [0, 0.1) is 10.1 Å². The van der Waals surface area contributed by atoms with Crippen LogP contribution in [0.4, 0.5) is 0 Å². The molecule has 0 bridgehead atoms. The summed E-state index contributed by atoms with van der Waals surface area (Å²) in [6.45, 7) is 0. The van der Waals surface area contributed by atoms with Crippen LogP contribution in [0.1, 0.15) is 0 Å². The maximum atomic E-state index is 11.3. The van der Waals surface area contributed by atoms with Crippen LogP contribution >= 0.6 is 0 Å². The van der Waals surface area contributed by atoms with E-state index in [1.165, 1.54) is 18.2 Å². The Morgan fingerprint density at radius 2 is 1.41 bits per heavy atom. The van der Waals surface area contributed by atoms with Crippen molar-refractivity contribution in [1.82, 2.24) is 0 Å². The summed E-state index contributed by atoms with van der Waals surface area (Å²) < 4.78 is 63.0. The largest absolute Gasteiger partial charge is 0.328 e. The minimum atomic E-state index is -4.78. The van der Waals surface area contributed by atoms with Crippen LogP contribution in [0.3, 0.4) is 0 Å². The van der Waals surface area contributed by atoms with E-state index in [1.54, 1.807) is 12.1 Å². The lowest BCUT2D eigenvalue weighted by Crippen LogP contribution is -2.09. The summed E-state index contributed by atoms with van der Waals surface area (Å²) in [6.07, 6.45) is 0. The van der Waals surface area contributed by atoms with Gasteiger partial charge in [-0.2, -0.15) is 16.8 Å². The van der Waals surface area contributed by atoms with Gasteiger partial charge in [0.15, 0.2) is 0 Å². The minimum Gasteiger partial charge on any atom is -0.328 e. The third kappa shape index (κ3) is 4.36. The predicted octanol–water partition coefficient (Wildman–Crippen LogP) is 0.986. The van der Waals surface area contributed by atoms with Crippen LogP contribution in [-0.2, 0) is 20.2 Å². The lowest BCUT2D eigenvalue weighted by molar-refractivity contribution is -0.742. The first-order chi connectivity index (χ1) is 9.94. The molecule has 0 aliphatic heterocycles. The van der Waals surface area contributed by atoms with E-state index in [0.717, 1.165) is 6.07 Å². The number of rotatable bonds is 2. The first kappa shape index (κ1) is 17.8. The Labute approximate surface area is 124 Å². The van der Waals surface area contributed by atoms with Gasteiger partial charge in [0, 0.05) is 5.39 Å². The molecule has 0 unspecified atom stereocenters. The van der Waals surface area contributed by atoms with Crippen molar-refractivity contribution < 1.29 is 36.2 Å². The summed E-state index contributed by atoms with van der Waals surface area (Å²) in [5, 5.41) is 14.1.